The Balaban J connectivity index is 1.83. The van der Waals surface area contributed by atoms with Gasteiger partial charge in [0.05, 0.1) is 0 Å². The number of carbonyl (C=O) groups is 3. The maximum atomic E-state index is 11.8. The predicted molar refractivity (Wildman–Crippen MR) is 75.0 cm³/mol. The molecule has 0 bridgehead atoms. The van der Waals surface area contributed by atoms with Crippen molar-refractivity contribution in [3.8, 4) is 0 Å². The molecule has 0 unspecified atom stereocenters. The molecule has 1 aliphatic rings. The maximum absolute atomic E-state index is 11.8. The van der Waals surface area contributed by atoms with E-state index in [0.717, 1.165) is 12.1 Å². The molecule has 1 aromatic rings. The largest absolute Gasteiger partial charge is 0.326 e. The number of rotatable bonds is 5. The van der Waals surface area contributed by atoms with Crippen LogP contribution in [-0.4, -0.2) is 29.2 Å². The third-order valence-corrected chi connectivity index (χ3v) is 3.36. The van der Waals surface area contributed by atoms with Gasteiger partial charge in [0.1, 0.15) is 0 Å². The number of nitrogens with zero attached hydrogens (tertiary/aromatic N) is 1. The molecule has 0 spiro atoms. The Morgan fingerprint density at radius 3 is 2.30 bits per heavy atom. The summed E-state index contributed by atoms with van der Waals surface area (Å²) in [5.74, 6) is -0.563. The molecule has 2 rings (SSSR count). The van der Waals surface area contributed by atoms with E-state index in [1.165, 1.54) is 10.5 Å². The lowest BCUT2D eigenvalue weighted by Crippen LogP contribution is -2.32. The monoisotopic (exact) mass is 274 g/mol. The van der Waals surface area contributed by atoms with Gasteiger partial charge in [-0.25, -0.2) is 0 Å². The molecule has 5 nitrogen and oxygen atoms in total. The normalized spacial score (nSPS) is 14.8. The van der Waals surface area contributed by atoms with Crippen molar-refractivity contribution in [1.29, 1.82) is 0 Å². The molecule has 0 atom stereocenters. The highest BCUT2D eigenvalue weighted by Gasteiger charge is 2.28. The highest BCUT2D eigenvalue weighted by molar-refractivity contribution is 6.02. The van der Waals surface area contributed by atoms with Crippen LogP contribution < -0.4 is 5.32 Å². The van der Waals surface area contributed by atoms with Crippen molar-refractivity contribution >= 4 is 23.4 Å². The Bertz CT molecular complexity index is 506. The summed E-state index contributed by atoms with van der Waals surface area (Å²) in [6.45, 7) is 2.23. The molecule has 3 amide bonds. The van der Waals surface area contributed by atoms with Crippen molar-refractivity contribution in [3.05, 3.63) is 29.8 Å². The summed E-state index contributed by atoms with van der Waals surface area (Å²) in [5, 5.41) is 2.76. The highest BCUT2D eigenvalue weighted by atomic mass is 16.2. The summed E-state index contributed by atoms with van der Waals surface area (Å²) < 4.78 is 0. The fraction of sp³-hybridized carbons (Fsp3) is 0.400. The summed E-state index contributed by atoms with van der Waals surface area (Å²) in [5.41, 5.74) is 1.93. The summed E-state index contributed by atoms with van der Waals surface area (Å²) in [6, 6.07) is 7.62. The Morgan fingerprint density at radius 1 is 1.15 bits per heavy atom. The fourth-order valence-corrected chi connectivity index (χ4v) is 2.13. The van der Waals surface area contributed by atoms with Crippen LogP contribution in [0.3, 0.4) is 0 Å². The average Bonchev–Trinajstić information content (AvgIpc) is 2.77. The van der Waals surface area contributed by atoms with Crippen LogP contribution in [0.2, 0.25) is 0 Å². The van der Waals surface area contributed by atoms with Crippen molar-refractivity contribution in [2.45, 2.75) is 32.6 Å². The van der Waals surface area contributed by atoms with Crippen molar-refractivity contribution in [1.82, 2.24) is 4.90 Å². The number of aryl methyl sites for hydroxylation is 1. The third kappa shape index (κ3) is 3.44. The van der Waals surface area contributed by atoms with Crippen LogP contribution in [0.4, 0.5) is 5.69 Å². The first kappa shape index (κ1) is 14.2. The number of benzene rings is 1. The zero-order chi connectivity index (χ0) is 14.5. The number of nitrogens with one attached hydrogen (secondary N) is 1. The van der Waals surface area contributed by atoms with E-state index in [9.17, 15) is 14.4 Å². The van der Waals surface area contributed by atoms with Gasteiger partial charge in [0.15, 0.2) is 0 Å². The number of imide groups is 1. The minimum absolute atomic E-state index is 0.132. The van der Waals surface area contributed by atoms with Crippen LogP contribution in [0.15, 0.2) is 24.3 Å². The quantitative estimate of drug-likeness (QED) is 0.831. The van der Waals surface area contributed by atoms with Gasteiger partial charge in [0, 0.05) is 31.5 Å². The van der Waals surface area contributed by atoms with E-state index < -0.39 is 0 Å². The van der Waals surface area contributed by atoms with Crippen LogP contribution >= 0.6 is 0 Å². The maximum Gasteiger partial charge on any atom is 0.229 e. The standard InChI is InChI=1S/C15H18N2O3/c1-2-11-3-5-12(6-4-11)16-13(18)9-10-17-14(19)7-8-15(17)20/h3-6H,2,7-10H2,1H3,(H,16,18). The molecule has 1 heterocycles. The molecule has 106 valence electrons. The molecule has 1 aliphatic heterocycles. The van der Waals surface area contributed by atoms with Gasteiger partial charge in [-0.1, -0.05) is 19.1 Å². The molecule has 1 aromatic carbocycles. The molecule has 0 radical (unpaired) electrons. The van der Waals surface area contributed by atoms with E-state index in [1.54, 1.807) is 0 Å². The molecule has 5 heteroatoms. The lowest BCUT2D eigenvalue weighted by Gasteiger charge is -2.13. The lowest BCUT2D eigenvalue weighted by molar-refractivity contribution is -0.138. The van der Waals surface area contributed by atoms with E-state index >= 15 is 0 Å². The summed E-state index contributed by atoms with van der Waals surface area (Å²) >= 11 is 0. The molecule has 0 saturated carbocycles. The minimum atomic E-state index is -0.193. The lowest BCUT2D eigenvalue weighted by atomic mass is 10.1. The molecule has 0 aliphatic carbocycles. The van der Waals surface area contributed by atoms with Crippen molar-refractivity contribution in [2.75, 3.05) is 11.9 Å². The van der Waals surface area contributed by atoms with Gasteiger partial charge < -0.3 is 5.32 Å². The van der Waals surface area contributed by atoms with Gasteiger partial charge in [0.25, 0.3) is 0 Å². The molecule has 1 fully saturated rings. The number of amides is 3. The zero-order valence-electron chi connectivity index (χ0n) is 11.5. The van der Waals surface area contributed by atoms with E-state index in [4.69, 9.17) is 0 Å². The summed E-state index contributed by atoms with van der Waals surface area (Å²) in [6.07, 6.45) is 1.61. The molecule has 0 aromatic heterocycles. The number of likely N-dealkylation sites (tertiary alicyclic amines) is 1. The summed E-state index contributed by atoms with van der Waals surface area (Å²) in [4.78, 5) is 35.7. The topological polar surface area (TPSA) is 66.5 Å². The number of hydrogen-bond donors (Lipinski definition) is 1. The second-order valence-electron chi connectivity index (χ2n) is 4.79. The molecule has 20 heavy (non-hydrogen) atoms. The van der Waals surface area contributed by atoms with Gasteiger partial charge in [-0.3, -0.25) is 19.3 Å². The number of hydrogen-bond acceptors (Lipinski definition) is 3. The van der Waals surface area contributed by atoms with Gasteiger partial charge in [-0.15, -0.1) is 0 Å². The second kappa shape index (κ2) is 6.32. The first-order valence-electron chi connectivity index (χ1n) is 6.82. The van der Waals surface area contributed by atoms with Crippen LogP contribution in [0, 0.1) is 0 Å². The first-order valence-corrected chi connectivity index (χ1v) is 6.82. The van der Waals surface area contributed by atoms with Gasteiger partial charge in [0.2, 0.25) is 17.7 Å². The smallest absolute Gasteiger partial charge is 0.229 e. The van der Waals surface area contributed by atoms with E-state index in [1.807, 2.05) is 24.3 Å². The molecular weight excluding hydrogens is 256 g/mol. The zero-order valence-corrected chi connectivity index (χ0v) is 11.5. The van der Waals surface area contributed by atoms with Crippen molar-refractivity contribution in [3.63, 3.8) is 0 Å². The van der Waals surface area contributed by atoms with Crippen molar-refractivity contribution < 1.29 is 14.4 Å². The minimum Gasteiger partial charge on any atom is -0.326 e. The first-order chi connectivity index (χ1) is 9.60. The van der Waals surface area contributed by atoms with Gasteiger partial charge in [-0.2, -0.15) is 0 Å². The Kier molecular flexibility index (Phi) is 4.50. The predicted octanol–water partition coefficient (Wildman–Crippen LogP) is 1.73. The Labute approximate surface area is 118 Å². The molecule has 1 N–H and O–H groups in total. The van der Waals surface area contributed by atoms with Crippen molar-refractivity contribution in [2.24, 2.45) is 0 Å². The summed E-state index contributed by atoms with van der Waals surface area (Å²) in [7, 11) is 0. The number of carbonyl (C=O) groups excluding carboxylic acids is 3. The molecular formula is C15H18N2O3. The number of anilines is 1. The van der Waals surface area contributed by atoms with Crippen LogP contribution in [0.1, 0.15) is 31.7 Å². The van der Waals surface area contributed by atoms with Crippen LogP contribution in [0.25, 0.3) is 0 Å². The third-order valence-electron chi connectivity index (χ3n) is 3.36. The van der Waals surface area contributed by atoms with Gasteiger partial charge >= 0.3 is 0 Å². The average molecular weight is 274 g/mol. The SMILES string of the molecule is CCc1ccc(NC(=O)CCN2C(=O)CCC2=O)cc1. The van der Waals surface area contributed by atoms with E-state index in [2.05, 4.69) is 12.2 Å². The van der Waals surface area contributed by atoms with Crippen LogP contribution in [-0.2, 0) is 20.8 Å². The highest BCUT2D eigenvalue weighted by Crippen LogP contribution is 2.13. The fourth-order valence-electron chi connectivity index (χ4n) is 2.13. The van der Waals surface area contributed by atoms with E-state index in [-0.39, 0.29) is 43.5 Å². The van der Waals surface area contributed by atoms with E-state index in [0.29, 0.717) is 0 Å². The van der Waals surface area contributed by atoms with Crippen LogP contribution in [0.5, 0.6) is 0 Å². The second-order valence-corrected chi connectivity index (χ2v) is 4.79. The van der Waals surface area contributed by atoms with Gasteiger partial charge in [-0.05, 0) is 24.1 Å². The Hall–Kier alpha value is -2.17. The Morgan fingerprint density at radius 2 is 1.75 bits per heavy atom. The molecule has 1 saturated heterocycles.